The van der Waals surface area contributed by atoms with E-state index >= 15 is 0 Å². The van der Waals surface area contributed by atoms with Gasteiger partial charge in [-0.2, -0.15) is 13.2 Å². The van der Waals surface area contributed by atoms with Gasteiger partial charge in [0.15, 0.2) is 0 Å². The molecule has 102 valence electrons. The molecule has 0 saturated carbocycles. The maximum absolute atomic E-state index is 12.5. The Morgan fingerprint density at radius 2 is 1.65 bits per heavy atom. The maximum atomic E-state index is 12.5. The lowest BCUT2D eigenvalue weighted by atomic mass is 10.1. The topological polar surface area (TPSA) is 30.7 Å². The maximum Gasteiger partial charge on any atom is 0.416 e. The van der Waals surface area contributed by atoms with Crippen LogP contribution in [-0.4, -0.2) is 15.0 Å². The van der Waals surface area contributed by atoms with E-state index in [0.717, 1.165) is 28.7 Å². The molecule has 0 atom stereocenters. The van der Waals surface area contributed by atoms with Crippen molar-refractivity contribution in [3.8, 4) is 0 Å². The van der Waals surface area contributed by atoms with Crippen LogP contribution in [0.2, 0.25) is 0 Å². The summed E-state index contributed by atoms with van der Waals surface area (Å²) in [4.78, 5) is 0. The minimum atomic E-state index is -4.31. The van der Waals surface area contributed by atoms with Gasteiger partial charge >= 0.3 is 6.18 Å². The van der Waals surface area contributed by atoms with Gasteiger partial charge in [-0.1, -0.05) is 29.5 Å². The highest BCUT2D eigenvalue weighted by Crippen LogP contribution is 2.29. The summed E-state index contributed by atoms with van der Waals surface area (Å²) in [6, 6.07) is 12.5. The molecule has 6 heteroatoms. The quantitative estimate of drug-likeness (QED) is 0.717. The van der Waals surface area contributed by atoms with E-state index in [1.807, 2.05) is 24.3 Å². The summed E-state index contributed by atoms with van der Waals surface area (Å²) in [5.74, 6) is 0. The van der Waals surface area contributed by atoms with Crippen LogP contribution in [0.5, 0.6) is 0 Å². The fraction of sp³-hybridized carbons (Fsp3) is 0.143. The van der Waals surface area contributed by atoms with Crippen molar-refractivity contribution in [3.63, 3.8) is 0 Å². The Bertz CT molecular complexity index is 729. The van der Waals surface area contributed by atoms with Crippen LogP contribution in [-0.2, 0) is 12.7 Å². The number of nitrogens with zero attached hydrogens (tertiary/aromatic N) is 3. The zero-order chi connectivity index (χ0) is 14.2. The first kappa shape index (κ1) is 12.7. The Hall–Kier alpha value is -2.37. The van der Waals surface area contributed by atoms with Gasteiger partial charge in [-0.05, 0) is 29.8 Å². The third kappa shape index (κ3) is 2.36. The normalized spacial score (nSPS) is 11.9. The summed E-state index contributed by atoms with van der Waals surface area (Å²) in [7, 11) is 0. The Kier molecular flexibility index (Phi) is 2.93. The molecule has 0 amide bonds. The van der Waals surface area contributed by atoms with E-state index in [2.05, 4.69) is 10.3 Å². The molecule has 0 saturated heterocycles. The van der Waals surface area contributed by atoms with Crippen LogP contribution in [0.1, 0.15) is 11.1 Å². The second kappa shape index (κ2) is 4.63. The van der Waals surface area contributed by atoms with E-state index in [9.17, 15) is 13.2 Å². The van der Waals surface area contributed by atoms with Gasteiger partial charge in [-0.15, -0.1) is 5.10 Å². The molecule has 20 heavy (non-hydrogen) atoms. The van der Waals surface area contributed by atoms with Gasteiger partial charge in [0.1, 0.15) is 5.52 Å². The van der Waals surface area contributed by atoms with Gasteiger partial charge in [0.05, 0.1) is 17.6 Å². The molecule has 2 aromatic carbocycles. The molecule has 3 rings (SSSR count). The first-order valence-electron chi connectivity index (χ1n) is 5.98. The van der Waals surface area contributed by atoms with Gasteiger partial charge < -0.3 is 0 Å². The average Bonchev–Trinajstić information content (AvgIpc) is 2.82. The molecule has 0 radical (unpaired) electrons. The Balaban J connectivity index is 1.88. The summed E-state index contributed by atoms with van der Waals surface area (Å²) in [5, 5.41) is 8.01. The first-order valence-corrected chi connectivity index (χ1v) is 5.98. The first-order chi connectivity index (χ1) is 9.54. The summed E-state index contributed by atoms with van der Waals surface area (Å²) in [5.41, 5.74) is 1.71. The largest absolute Gasteiger partial charge is 0.416 e. The molecule has 0 fully saturated rings. The third-order valence-electron chi connectivity index (χ3n) is 3.03. The number of hydrogen-bond donors (Lipinski definition) is 0. The Morgan fingerprint density at radius 3 is 2.35 bits per heavy atom. The third-order valence-corrected chi connectivity index (χ3v) is 3.03. The number of para-hydroxylation sites is 1. The zero-order valence-electron chi connectivity index (χ0n) is 10.3. The van der Waals surface area contributed by atoms with Gasteiger partial charge in [0.25, 0.3) is 0 Å². The molecule has 0 aliphatic carbocycles. The minimum Gasteiger partial charge on any atom is -0.240 e. The van der Waals surface area contributed by atoms with Gasteiger partial charge in [0, 0.05) is 0 Å². The standard InChI is InChI=1S/C14H10F3N3/c15-14(16,17)11-7-5-10(6-8-11)9-20-13-4-2-1-3-12(13)18-19-20/h1-8H,9H2. The number of benzene rings is 2. The summed E-state index contributed by atoms with van der Waals surface area (Å²) in [6.07, 6.45) is -4.31. The Morgan fingerprint density at radius 1 is 0.950 bits per heavy atom. The fourth-order valence-electron chi connectivity index (χ4n) is 2.01. The van der Waals surface area contributed by atoms with Crippen LogP contribution in [0.4, 0.5) is 13.2 Å². The molecule has 0 bridgehead atoms. The smallest absolute Gasteiger partial charge is 0.240 e. The fourth-order valence-corrected chi connectivity index (χ4v) is 2.01. The second-order valence-electron chi connectivity index (χ2n) is 4.43. The van der Waals surface area contributed by atoms with Crippen molar-refractivity contribution in [1.29, 1.82) is 0 Å². The van der Waals surface area contributed by atoms with E-state index in [4.69, 9.17) is 0 Å². The summed E-state index contributed by atoms with van der Waals surface area (Å²) >= 11 is 0. The van der Waals surface area contributed by atoms with E-state index in [1.165, 1.54) is 12.1 Å². The second-order valence-corrected chi connectivity index (χ2v) is 4.43. The molecule has 0 spiro atoms. The van der Waals surface area contributed by atoms with E-state index in [-0.39, 0.29) is 0 Å². The van der Waals surface area contributed by atoms with Gasteiger partial charge in [0.2, 0.25) is 0 Å². The Labute approximate surface area is 112 Å². The summed E-state index contributed by atoms with van der Waals surface area (Å²) in [6.45, 7) is 0.388. The molecule has 3 nitrogen and oxygen atoms in total. The van der Waals surface area contributed by atoms with E-state index in [1.54, 1.807) is 4.68 Å². The predicted molar refractivity (Wildman–Crippen MR) is 68.1 cm³/mol. The van der Waals surface area contributed by atoms with Crippen molar-refractivity contribution in [2.75, 3.05) is 0 Å². The van der Waals surface area contributed by atoms with Crippen LogP contribution in [0.25, 0.3) is 11.0 Å². The van der Waals surface area contributed by atoms with E-state index in [0.29, 0.717) is 6.54 Å². The predicted octanol–water partition coefficient (Wildman–Crippen LogP) is 3.50. The molecule has 0 aliphatic rings. The van der Waals surface area contributed by atoms with Gasteiger partial charge in [-0.3, -0.25) is 0 Å². The van der Waals surface area contributed by atoms with E-state index < -0.39 is 11.7 Å². The van der Waals surface area contributed by atoms with Crippen molar-refractivity contribution in [2.24, 2.45) is 0 Å². The number of alkyl halides is 3. The zero-order valence-corrected chi connectivity index (χ0v) is 10.3. The molecule has 1 aromatic heterocycles. The molecule has 3 aromatic rings. The number of halogens is 3. The number of fused-ring (bicyclic) bond motifs is 1. The number of aromatic nitrogens is 3. The van der Waals surface area contributed by atoms with Gasteiger partial charge in [-0.25, -0.2) is 4.68 Å². The van der Waals surface area contributed by atoms with Crippen molar-refractivity contribution < 1.29 is 13.2 Å². The minimum absolute atomic E-state index is 0.388. The van der Waals surface area contributed by atoms with Crippen LogP contribution >= 0.6 is 0 Å². The molecular weight excluding hydrogens is 267 g/mol. The van der Waals surface area contributed by atoms with Crippen molar-refractivity contribution in [2.45, 2.75) is 12.7 Å². The number of rotatable bonds is 2. The van der Waals surface area contributed by atoms with Crippen molar-refractivity contribution >= 4 is 11.0 Å². The average molecular weight is 277 g/mol. The lowest BCUT2D eigenvalue weighted by Gasteiger charge is -2.07. The molecule has 0 aliphatic heterocycles. The molecule has 1 heterocycles. The highest BCUT2D eigenvalue weighted by molar-refractivity contribution is 5.73. The van der Waals surface area contributed by atoms with Crippen LogP contribution in [0, 0.1) is 0 Å². The summed E-state index contributed by atoms with van der Waals surface area (Å²) < 4.78 is 39.1. The van der Waals surface area contributed by atoms with Crippen LogP contribution in [0.15, 0.2) is 48.5 Å². The molecule has 0 unspecified atom stereocenters. The lowest BCUT2D eigenvalue weighted by Crippen LogP contribution is -2.06. The molecular formula is C14H10F3N3. The molecule has 0 N–H and O–H groups in total. The lowest BCUT2D eigenvalue weighted by molar-refractivity contribution is -0.137. The highest BCUT2D eigenvalue weighted by atomic mass is 19.4. The highest BCUT2D eigenvalue weighted by Gasteiger charge is 2.29. The van der Waals surface area contributed by atoms with Crippen LogP contribution < -0.4 is 0 Å². The van der Waals surface area contributed by atoms with Crippen LogP contribution in [0.3, 0.4) is 0 Å². The SMILES string of the molecule is FC(F)(F)c1ccc(Cn2nnc3ccccc32)cc1. The number of hydrogen-bond acceptors (Lipinski definition) is 2. The monoisotopic (exact) mass is 277 g/mol. The van der Waals surface area contributed by atoms with Crippen molar-refractivity contribution in [3.05, 3.63) is 59.7 Å². The van der Waals surface area contributed by atoms with Crippen molar-refractivity contribution in [1.82, 2.24) is 15.0 Å².